The van der Waals surface area contributed by atoms with Gasteiger partial charge in [-0.05, 0) is 18.4 Å². The van der Waals surface area contributed by atoms with Crippen molar-refractivity contribution in [3.8, 4) is 0 Å². The molecule has 2 N–H and O–H groups in total. The van der Waals surface area contributed by atoms with E-state index in [9.17, 15) is 22.8 Å². The molecule has 1 aliphatic heterocycles. The molecule has 0 spiro atoms. The maximum absolute atomic E-state index is 12.9. The Bertz CT molecular complexity index is 562. The van der Waals surface area contributed by atoms with Crippen molar-refractivity contribution in [1.29, 1.82) is 0 Å². The van der Waals surface area contributed by atoms with Crippen LogP contribution in [0.1, 0.15) is 11.8 Å². The smallest absolute Gasteiger partial charge is 0.394 e. The minimum Gasteiger partial charge on any atom is -0.481 e. The highest BCUT2D eigenvalue weighted by Crippen LogP contribution is 2.37. The number of carboxylic acids is 1. The van der Waals surface area contributed by atoms with Crippen LogP contribution in [0.3, 0.4) is 0 Å². The lowest BCUT2D eigenvalue weighted by Gasteiger charge is -2.21. The van der Waals surface area contributed by atoms with E-state index in [2.05, 4.69) is 5.32 Å². The largest absolute Gasteiger partial charge is 0.481 e. The number of urea groups is 1. The van der Waals surface area contributed by atoms with Crippen molar-refractivity contribution in [3.63, 3.8) is 0 Å². The number of carbonyl (C=O) groups is 2. The predicted molar refractivity (Wildman–Crippen MR) is 78.3 cm³/mol. The van der Waals surface area contributed by atoms with Gasteiger partial charge in [-0.15, -0.1) is 11.3 Å². The van der Waals surface area contributed by atoms with Gasteiger partial charge in [0.2, 0.25) is 0 Å². The topological polar surface area (TPSA) is 69.6 Å². The quantitative estimate of drug-likeness (QED) is 0.877. The summed E-state index contributed by atoms with van der Waals surface area (Å²) in [5.74, 6) is -5.18. The fourth-order valence-electron chi connectivity index (χ4n) is 2.64. The summed E-state index contributed by atoms with van der Waals surface area (Å²) in [6, 6.07) is 2.87. The van der Waals surface area contributed by atoms with E-state index in [1.54, 1.807) is 6.92 Å². The van der Waals surface area contributed by atoms with Crippen LogP contribution in [-0.2, 0) is 11.2 Å². The number of nitrogens with one attached hydrogen (secondary N) is 1. The third-order valence-electron chi connectivity index (χ3n) is 3.80. The van der Waals surface area contributed by atoms with E-state index in [-0.39, 0.29) is 6.04 Å². The van der Waals surface area contributed by atoms with Gasteiger partial charge in [0.15, 0.2) is 0 Å². The molecule has 2 amide bonds. The van der Waals surface area contributed by atoms with Gasteiger partial charge in [-0.3, -0.25) is 4.79 Å². The van der Waals surface area contributed by atoms with Gasteiger partial charge in [0, 0.05) is 30.4 Å². The summed E-state index contributed by atoms with van der Waals surface area (Å²) in [5.41, 5.74) is 0. The molecule has 0 bridgehead atoms. The molecule has 0 radical (unpaired) electrons. The number of rotatable bonds is 4. The van der Waals surface area contributed by atoms with E-state index in [0.29, 0.717) is 6.42 Å². The number of carbonyl (C=O) groups excluding carboxylic acids is 1. The van der Waals surface area contributed by atoms with Crippen LogP contribution in [0.25, 0.3) is 0 Å². The Kier molecular flexibility index (Phi) is 5.18. The fraction of sp³-hybridized carbons (Fsp3) is 0.571. The molecule has 128 valence electrons. The Balaban J connectivity index is 1.96. The number of aliphatic carboxylic acids is 1. The Morgan fingerprint density at radius 1 is 1.48 bits per heavy atom. The summed E-state index contributed by atoms with van der Waals surface area (Å²) < 4.78 is 38.7. The number of hydrogen-bond donors (Lipinski definition) is 2. The second kappa shape index (κ2) is 6.77. The van der Waals surface area contributed by atoms with E-state index in [1.807, 2.05) is 17.5 Å². The van der Waals surface area contributed by atoms with Crippen molar-refractivity contribution < 1.29 is 27.9 Å². The molecular weight excluding hydrogens is 333 g/mol. The fourth-order valence-corrected chi connectivity index (χ4v) is 3.47. The number of thiophene rings is 1. The monoisotopic (exact) mass is 350 g/mol. The van der Waals surface area contributed by atoms with Crippen LogP contribution in [-0.4, -0.2) is 47.3 Å². The van der Waals surface area contributed by atoms with Crippen LogP contribution < -0.4 is 5.32 Å². The minimum atomic E-state index is -4.64. The zero-order valence-electron chi connectivity index (χ0n) is 12.3. The zero-order valence-corrected chi connectivity index (χ0v) is 13.2. The third-order valence-corrected chi connectivity index (χ3v) is 4.70. The SMILES string of the molecule is CC(Cc1cccs1)NC(=O)N1C[C@@H](C(F)(F)F)[C@H](C(=O)O)C1. The second-order valence-electron chi connectivity index (χ2n) is 5.63. The van der Waals surface area contributed by atoms with Crippen molar-refractivity contribution in [3.05, 3.63) is 22.4 Å². The molecule has 1 aromatic heterocycles. The summed E-state index contributed by atoms with van der Waals surface area (Å²) in [5, 5.41) is 13.5. The van der Waals surface area contributed by atoms with Crippen LogP contribution in [0, 0.1) is 11.8 Å². The molecule has 0 aromatic carbocycles. The lowest BCUT2D eigenvalue weighted by molar-refractivity contribution is -0.187. The maximum Gasteiger partial charge on any atom is 0.394 e. The van der Waals surface area contributed by atoms with E-state index < -0.39 is 43.1 Å². The van der Waals surface area contributed by atoms with Crippen LogP contribution in [0.2, 0.25) is 0 Å². The van der Waals surface area contributed by atoms with Crippen LogP contribution >= 0.6 is 11.3 Å². The van der Waals surface area contributed by atoms with Crippen molar-refractivity contribution in [1.82, 2.24) is 10.2 Å². The maximum atomic E-state index is 12.9. The molecule has 1 saturated heterocycles. The summed E-state index contributed by atoms with van der Waals surface area (Å²) >= 11 is 1.53. The molecule has 1 unspecified atom stereocenters. The number of likely N-dealkylation sites (tertiary alicyclic amines) is 1. The van der Waals surface area contributed by atoms with Crippen LogP contribution in [0.15, 0.2) is 17.5 Å². The van der Waals surface area contributed by atoms with Crippen molar-refractivity contribution in [2.75, 3.05) is 13.1 Å². The normalized spacial score (nSPS) is 22.9. The molecule has 0 saturated carbocycles. The first kappa shape index (κ1) is 17.6. The average molecular weight is 350 g/mol. The molecule has 23 heavy (non-hydrogen) atoms. The van der Waals surface area contributed by atoms with Crippen molar-refractivity contribution in [2.24, 2.45) is 11.8 Å². The van der Waals surface area contributed by atoms with Gasteiger partial charge in [0.25, 0.3) is 0 Å². The second-order valence-corrected chi connectivity index (χ2v) is 6.66. The molecule has 9 heteroatoms. The van der Waals surface area contributed by atoms with Crippen molar-refractivity contribution >= 4 is 23.3 Å². The Morgan fingerprint density at radius 2 is 2.17 bits per heavy atom. The number of nitrogens with zero attached hydrogens (tertiary/aromatic N) is 1. The van der Waals surface area contributed by atoms with E-state index >= 15 is 0 Å². The van der Waals surface area contributed by atoms with Gasteiger partial charge in [-0.1, -0.05) is 6.07 Å². The van der Waals surface area contributed by atoms with Gasteiger partial charge in [0.05, 0.1) is 11.8 Å². The molecule has 1 fully saturated rings. The Labute approximate surface area is 135 Å². The third kappa shape index (κ3) is 4.37. The standard InChI is InChI=1S/C14H17F3N2O3S/c1-8(5-9-3-2-4-23-9)18-13(22)19-6-10(12(20)21)11(7-19)14(15,16)17/h2-4,8,10-11H,5-7H2,1H3,(H,18,22)(H,20,21)/t8?,10-,11-/m1/s1. The zero-order chi connectivity index (χ0) is 17.2. The number of hydrogen-bond acceptors (Lipinski definition) is 3. The van der Waals surface area contributed by atoms with Crippen LogP contribution in [0.5, 0.6) is 0 Å². The highest BCUT2D eigenvalue weighted by atomic mass is 32.1. The predicted octanol–water partition coefficient (Wildman–Crippen LogP) is 2.58. The summed E-state index contributed by atoms with van der Waals surface area (Å²) in [7, 11) is 0. The van der Waals surface area contributed by atoms with Gasteiger partial charge in [0.1, 0.15) is 0 Å². The average Bonchev–Trinajstić information content (AvgIpc) is 3.05. The summed E-state index contributed by atoms with van der Waals surface area (Å²) in [6.45, 7) is 0.693. The molecule has 3 atom stereocenters. The molecule has 5 nitrogen and oxygen atoms in total. The van der Waals surface area contributed by atoms with Crippen LogP contribution in [0.4, 0.5) is 18.0 Å². The Morgan fingerprint density at radius 3 is 2.65 bits per heavy atom. The van der Waals surface area contributed by atoms with E-state index in [4.69, 9.17) is 5.11 Å². The van der Waals surface area contributed by atoms with Gasteiger partial charge in [-0.2, -0.15) is 13.2 Å². The highest BCUT2D eigenvalue weighted by molar-refractivity contribution is 7.09. The summed E-state index contributed by atoms with van der Waals surface area (Å²) in [4.78, 5) is 25.1. The molecule has 2 rings (SSSR count). The minimum absolute atomic E-state index is 0.255. The number of alkyl halides is 3. The number of halogens is 3. The van der Waals surface area contributed by atoms with Crippen molar-refractivity contribution in [2.45, 2.75) is 25.6 Å². The number of carboxylic acid groups (broad SMARTS) is 1. The lowest BCUT2D eigenvalue weighted by Crippen LogP contribution is -2.44. The molecule has 1 aliphatic rings. The van der Waals surface area contributed by atoms with Gasteiger partial charge >= 0.3 is 18.2 Å². The first-order chi connectivity index (χ1) is 10.7. The van der Waals surface area contributed by atoms with E-state index in [1.165, 1.54) is 11.3 Å². The molecule has 1 aromatic rings. The van der Waals surface area contributed by atoms with Gasteiger partial charge < -0.3 is 15.3 Å². The Hall–Kier alpha value is -1.77. The molecule has 0 aliphatic carbocycles. The number of amides is 2. The molecular formula is C14H17F3N2O3S. The lowest BCUT2D eigenvalue weighted by atomic mass is 9.96. The highest BCUT2D eigenvalue weighted by Gasteiger charge is 2.53. The first-order valence-electron chi connectivity index (χ1n) is 7.06. The summed E-state index contributed by atoms with van der Waals surface area (Å²) in [6.07, 6.45) is -4.07. The first-order valence-corrected chi connectivity index (χ1v) is 7.93. The molecule has 2 heterocycles. The van der Waals surface area contributed by atoms with E-state index in [0.717, 1.165) is 9.78 Å². The van der Waals surface area contributed by atoms with Gasteiger partial charge in [-0.25, -0.2) is 4.79 Å².